The molecule has 0 saturated heterocycles. The van der Waals surface area contributed by atoms with Crippen molar-refractivity contribution in [3.05, 3.63) is 68.2 Å². The van der Waals surface area contributed by atoms with Gasteiger partial charge in [0.05, 0.1) is 4.92 Å². The molecule has 21 heavy (non-hydrogen) atoms. The highest BCUT2D eigenvalue weighted by molar-refractivity contribution is 9.10. The molecule has 0 radical (unpaired) electrons. The third-order valence-corrected chi connectivity index (χ3v) is 3.31. The number of nitrogens with one attached hydrogen (secondary N) is 1. The summed E-state index contributed by atoms with van der Waals surface area (Å²) in [5.74, 6) is -1.33. The van der Waals surface area contributed by atoms with E-state index in [2.05, 4.69) is 21.2 Å². The first-order valence-electron chi connectivity index (χ1n) is 5.98. The van der Waals surface area contributed by atoms with Crippen molar-refractivity contribution in [1.29, 1.82) is 0 Å². The summed E-state index contributed by atoms with van der Waals surface area (Å²) in [6.07, 6.45) is 0. The molecule has 2 N–H and O–H groups in total. The number of benzene rings is 2. The molecule has 0 atom stereocenters. The monoisotopic (exact) mass is 350 g/mol. The number of carbonyl (C=O) groups is 1. The van der Waals surface area contributed by atoms with Gasteiger partial charge in [0, 0.05) is 11.0 Å². The first kappa shape index (κ1) is 15.0. The highest BCUT2D eigenvalue weighted by Gasteiger charge is 2.23. The van der Waals surface area contributed by atoms with Gasteiger partial charge in [-0.3, -0.25) is 10.1 Å². The van der Waals surface area contributed by atoms with Crippen LogP contribution in [0.3, 0.4) is 0 Å². The lowest BCUT2D eigenvalue weighted by atomic mass is 10.1. The van der Waals surface area contributed by atoms with Gasteiger partial charge in [0.25, 0.3) is 0 Å². The van der Waals surface area contributed by atoms with Crippen LogP contribution < -0.4 is 5.32 Å². The molecule has 0 heterocycles. The number of anilines is 1. The van der Waals surface area contributed by atoms with E-state index in [1.54, 1.807) is 0 Å². The number of nitrogens with zero attached hydrogens (tertiary/aromatic N) is 1. The molecular formula is C14H11BrN2O4. The number of para-hydroxylation sites is 1. The Hall–Kier alpha value is -2.41. The number of nitro benzene ring substituents is 1. The summed E-state index contributed by atoms with van der Waals surface area (Å²) in [4.78, 5) is 21.5. The van der Waals surface area contributed by atoms with E-state index in [0.717, 1.165) is 10.0 Å². The quantitative estimate of drug-likeness (QED) is 0.633. The molecule has 0 amide bonds. The number of halogens is 1. The van der Waals surface area contributed by atoms with Crippen molar-refractivity contribution in [2.45, 2.75) is 6.54 Å². The topological polar surface area (TPSA) is 92.5 Å². The molecule has 108 valence electrons. The van der Waals surface area contributed by atoms with Crippen molar-refractivity contribution >= 4 is 33.3 Å². The highest BCUT2D eigenvalue weighted by Crippen LogP contribution is 2.29. The van der Waals surface area contributed by atoms with Gasteiger partial charge in [-0.15, -0.1) is 0 Å². The zero-order valence-electron chi connectivity index (χ0n) is 10.7. The Morgan fingerprint density at radius 2 is 2.00 bits per heavy atom. The van der Waals surface area contributed by atoms with Gasteiger partial charge in [0.15, 0.2) is 0 Å². The number of carboxylic acids is 1. The Morgan fingerprint density at radius 3 is 2.62 bits per heavy atom. The molecule has 0 unspecified atom stereocenters. The first-order valence-corrected chi connectivity index (χ1v) is 6.77. The van der Waals surface area contributed by atoms with E-state index in [1.165, 1.54) is 18.2 Å². The number of rotatable bonds is 5. The molecular weight excluding hydrogens is 340 g/mol. The molecule has 2 rings (SSSR count). The van der Waals surface area contributed by atoms with E-state index in [9.17, 15) is 14.9 Å². The van der Waals surface area contributed by atoms with Crippen LogP contribution in [0.4, 0.5) is 11.4 Å². The first-order chi connectivity index (χ1) is 9.99. The minimum Gasteiger partial charge on any atom is -0.477 e. The Kier molecular flexibility index (Phi) is 4.54. The van der Waals surface area contributed by atoms with Crippen LogP contribution in [0.25, 0.3) is 0 Å². The summed E-state index contributed by atoms with van der Waals surface area (Å²) >= 11 is 3.34. The fourth-order valence-corrected chi connectivity index (χ4v) is 2.35. The van der Waals surface area contributed by atoms with Crippen LogP contribution in [0.15, 0.2) is 46.9 Å². The summed E-state index contributed by atoms with van der Waals surface area (Å²) in [6.45, 7) is 0.351. The molecule has 2 aromatic carbocycles. The molecule has 0 aliphatic heterocycles. The lowest BCUT2D eigenvalue weighted by molar-refractivity contribution is -0.384. The van der Waals surface area contributed by atoms with E-state index < -0.39 is 16.6 Å². The highest BCUT2D eigenvalue weighted by atomic mass is 79.9. The van der Waals surface area contributed by atoms with E-state index in [0.29, 0.717) is 6.54 Å². The molecule has 0 saturated carbocycles. The molecule has 0 aromatic heterocycles. The smallest absolute Gasteiger partial charge is 0.342 e. The largest absolute Gasteiger partial charge is 0.477 e. The van der Waals surface area contributed by atoms with Gasteiger partial charge in [-0.1, -0.05) is 34.1 Å². The third kappa shape index (κ3) is 3.57. The molecule has 0 aliphatic rings. The molecule has 6 nitrogen and oxygen atoms in total. The number of aromatic carboxylic acids is 1. The second kappa shape index (κ2) is 6.36. The maximum absolute atomic E-state index is 11.1. The van der Waals surface area contributed by atoms with E-state index in [-0.39, 0.29) is 11.3 Å². The second-order valence-corrected chi connectivity index (χ2v) is 5.16. The number of carboxylic acid groups (broad SMARTS) is 1. The fraction of sp³-hybridized carbons (Fsp3) is 0.0714. The summed E-state index contributed by atoms with van der Waals surface area (Å²) in [5, 5.41) is 23.0. The third-order valence-electron chi connectivity index (χ3n) is 2.82. The van der Waals surface area contributed by atoms with Gasteiger partial charge >= 0.3 is 11.7 Å². The lowest BCUT2D eigenvalue weighted by Gasteiger charge is -2.09. The van der Waals surface area contributed by atoms with E-state index in [4.69, 9.17) is 5.11 Å². The van der Waals surface area contributed by atoms with Crippen LogP contribution in [0.1, 0.15) is 15.9 Å². The van der Waals surface area contributed by atoms with Crippen LogP contribution in [0.2, 0.25) is 0 Å². The van der Waals surface area contributed by atoms with Gasteiger partial charge in [-0.25, -0.2) is 4.79 Å². The van der Waals surface area contributed by atoms with Crippen molar-refractivity contribution in [2.75, 3.05) is 5.32 Å². The second-order valence-electron chi connectivity index (χ2n) is 4.25. The number of hydrogen-bond acceptors (Lipinski definition) is 4. The Bertz CT molecular complexity index is 703. The average Bonchev–Trinajstić information content (AvgIpc) is 2.44. The normalized spacial score (nSPS) is 10.1. The Balaban J connectivity index is 2.30. The summed E-state index contributed by atoms with van der Waals surface area (Å²) in [5.41, 5.74) is 0.332. The van der Waals surface area contributed by atoms with E-state index in [1.807, 2.05) is 24.3 Å². The standard InChI is InChI=1S/C14H11BrN2O4/c15-10-4-1-3-9(7-10)8-16-12-6-2-5-11(14(18)19)13(12)17(20)21/h1-7,16H,8H2,(H,18,19). The predicted octanol–water partition coefficient (Wildman–Crippen LogP) is 3.67. The van der Waals surface area contributed by atoms with Crippen molar-refractivity contribution in [3.63, 3.8) is 0 Å². The van der Waals surface area contributed by atoms with Crippen LogP contribution in [0, 0.1) is 10.1 Å². The SMILES string of the molecule is O=C(O)c1cccc(NCc2cccc(Br)c2)c1[N+](=O)[O-]. The van der Waals surface area contributed by atoms with Gasteiger partial charge in [-0.05, 0) is 29.8 Å². The maximum atomic E-state index is 11.1. The Morgan fingerprint density at radius 1 is 1.29 bits per heavy atom. The lowest BCUT2D eigenvalue weighted by Crippen LogP contribution is -2.07. The van der Waals surface area contributed by atoms with Crippen molar-refractivity contribution < 1.29 is 14.8 Å². The molecule has 0 aliphatic carbocycles. The minimum atomic E-state index is -1.33. The summed E-state index contributed by atoms with van der Waals surface area (Å²) in [6, 6.07) is 11.6. The molecule has 0 fully saturated rings. The van der Waals surface area contributed by atoms with Crippen LogP contribution in [0.5, 0.6) is 0 Å². The minimum absolute atomic E-state index is 0.180. The predicted molar refractivity (Wildman–Crippen MR) is 81.5 cm³/mol. The van der Waals surface area contributed by atoms with Crippen molar-refractivity contribution in [2.24, 2.45) is 0 Å². The maximum Gasteiger partial charge on any atom is 0.342 e. The molecule has 0 bridgehead atoms. The zero-order chi connectivity index (χ0) is 15.4. The average molecular weight is 351 g/mol. The zero-order valence-corrected chi connectivity index (χ0v) is 12.3. The fourth-order valence-electron chi connectivity index (χ4n) is 1.90. The van der Waals surface area contributed by atoms with Crippen LogP contribution in [-0.4, -0.2) is 16.0 Å². The molecule has 0 spiro atoms. The van der Waals surface area contributed by atoms with Crippen LogP contribution in [-0.2, 0) is 6.54 Å². The number of hydrogen-bond donors (Lipinski definition) is 2. The van der Waals surface area contributed by atoms with Crippen molar-refractivity contribution in [3.8, 4) is 0 Å². The van der Waals surface area contributed by atoms with Gasteiger partial charge in [0.1, 0.15) is 11.3 Å². The molecule has 2 aromatic rings. The molecule has 7 heteroatoms. The summed E-state index contributed by atoms with van der Waals surface area (Å²) in [7, 11) is 0. The van der Waals surface area contributed by atoms with Gasteiger partial charge < -0.3 is 10.4 Å². The van der Waals surface area contributed by atoms with Gasteiger partial charge in [0.2, 0.25) is 0 Å². The van der Waals surface area contributed by atoms with Gasteiger partial charge in [-0.2, -0.15) is 0 Å². The van der Waals surface area contributed by atoms with E-state index >= 15 is 0 Å². The van der Waals surface area contributed by atoms with Crippen molar-refractivity contribution in [1.82, 2.24) is 0 Å². The van der Waals surface area contributed by atoms with Crippen LogP contribution >= 0.6 is 15.9 Å². The Labute approximate surface area is 128 Å². The number of nitro groups is 1. The summed E-state index contributed by atoms with van der Waals surface area (Å²) < 4.78 is 0.899.